The van der Waals surface area contributed by atoms with Gasteiger partial charge in [-0.25, -0.2) is 0 Å². The van der Waals surface area contributed by atoms with Crippen molar-refractivity contribution in [1.82, 2.24) is 0 Å². The summed E-state index contributed by atoms with van der Waals surface area (Å²) in [7, 11) is 0. The lowest BCUT2D eigenvalue weighted by atomic mass is 10.3. The summed E-state index contributed by atoms with van der Waals surface area (Å²) in [4.78, 5) is 0. The number of allylic oxidation sites excluding steroid dienone is 1. The van der Waals surface area contributed by atoms with E-state index in [4.69, 9.17) is 4.74 Å². The molecule has 50 valence electrons. The lowest BCUT2D eigenvalue weighted by Crippen LogP contribution is -2.05. The van der Waals surface area contributed by atoms with Crippen molar-refractivity contribution in [2.45, 2.75) is 18.3 Å². The predicted molar refractivity (Wildman–Crippen MR) is 41.0 cm³/mol. The van der Waals surface area contributed by atoms with Gasteiger partial charge in [0.2, 0.25) is 0 Å². The van der Waals surface area contributed by atoms with E-state index in [1.165, 1.54) is 0 Å². The summed E-state index contributed by atoms with van der Waals surface area (Å²) in [6, 6.07) is 0. The molecule has 0 aliphatic carbocycles. The van der Waals surface area contributed by atoms with E-state index in [1.807, 2.05) is 11.5 Å². The second-order valence-electron chi connectivity index (χ2n) is 1.82. The Balaban J connectivity index is 2.26. The van der Waals surface area contributed by atoms with Crippen molar-refractivity contribution < 1.29 is 4.74 Å². The lowest BCUT2D eigenvalue weighted by molar-refractivity contribution is 0.201. The third kappa shape index (κ3) is 2.14. The van der Waals surface area contributed by atoms with E-state index in [1.54, 1.807) is 18.0 Å². The summed E-state index contributed by atoms with van der Waals surface area (Å²) in [5, 5.41) is 1.82. The summed E-state index contributed by atoms with van der Waals surface area (Å²) >= 11 is 1.64. The Bertz CT molecular complexity index is 120. The Morgan fingerprint density at radius 3 is 3.22 bits per heavy atom. The van der Waals surface area contributed by atoms with E-state index in [0.717, 1.165) is 12.8 Å². The zero-order valence-corrected chi connectivity index (χ0v) is 6.06. The third-order valence-electron chi connectivity index (χ3n) is 1.14. The zero-order chi connectivity index (χ0) is 6.53. The van der Waals surface area contributed by atoms with Crippen molar-refractivity contribution in [3.8, 4) is 0 Å². The van der Waals surface area contributed by atoms with Gasteiger partial charge in [0, 0.05) is 0 Å². The monoisotopic (exact) mass is 142 g/mol. The fraction of sp³-hybridized carbons (Fsp3) is 0.429. The van der Waals surface area contributed by atoms with Gasteiger partial charge in [-0.15, -0.1) is 0 Å². The molecule has 0 aromatic heterocycles. The van der Waals surface area contributed by atoms with Crippen LogP contribution in [0.5, 0.6) is 0 Å². The minimum absolute atomic E-state index is 0.312. The average Bonchev–Trinajstić information content (AvgIpc) is 1.91. The van der Waals surface area contributed by atoms with Gasteiger partial charge in [0.1, 0.15) is 5.44 Å². The van der Waals surface area contributed by atoms with E-state index in [2.05, 4.69) is 6.58 Å². The first kappa shape index (κ1) is 6.75. The van der Waals surface area contributed by atoms with Crippen LogP contribution >= 0.6 is 11.8 Å². The van der Waals surface area contributed by atoms with Gasteiger partial charge in [-0.3, -0.25) is 0 Å². The highest BCUT2D eigenvalue weighted by Gasteiger charge is 2.07. The molecule has 1 rings (SSSR count). The predicted octanol–water partition coefficient (Wildman–Crippen LogP) is 2.51. The van der Waals surface area contributed by atoms with Gasteiger partial charge in [-0.1, -0.05) is 18.3 Å². The smallest absolute Gasteiger partial charge is 0.147 e. The summed E-state index contributed by atoms with van der Waals surface area (Å²) in [5.74, 6) is 0. The molecule has 1 aliphatic rings. The molecule has 0 radical (unpaired) electrons. The van der Waals surface area contributed by atoms with Crippen molar-refractivity contribution in [1.29, 1.82) is 0 Å². The van der Waals surface area contributed by atoms with Gasteiger partial charge in [0.25, 0.3) is 0 Å². The van der Waals surface area contributed by atoms with Crippen LogP contribution < -0.4 is 0 Å². The Hall–Kier alpha value is -0.370. The number of rotatable bonds is 2. The highest BCUT2D eigenvalue weighted by atomic mass is 32.2. The molecule has 0 saturated heterocycles. The van der Waals surface area contributed by atoms with Crippen LogP contribution in [-0.2, 0) is 4.74 Å². The van der Waals surface area contributed by atoms with E-state index in [0.29, 0.717) is 5.44 Å². The Labute approximate surface area is 59.8 Å². The second-order valence-corrected chi connectivity index (χ2v) is 2.95. The van der Waals surface area contributed by atoms with Crippen molar-refractivity contribution in [2.24, 2.45) is 0 Å². The molecule has 2 heteroatoms. The quantitative estimate of drug-likeness (QED) is 0.586. The summed E-state index contributed by atoms with van der Waals surface area (Å²) in [6.45, 7) is 3.61. The van der Waals surface area contributed by atoms with E-state index in [9.17, 15) is 0 Å². The molecule has 1 aliphatic heterocycles. The number of ether oxygens (including phenoxy) is 1. The van der Waals surface area contributed by atoms with Crippen molar-refractivity contribution in [3.05, 3.63) is 24.3 Å². The van der Waals surface area contributed by atoms with Crippen molar-refractivity contribution >= 4 is 11.8 Å². The first-order chi connectivity index (χ1) is 4.43. The van der Waals surface area contributed by atoms with Crippen LogP contribution in [0.2, 0.25) is 0 Å². The topological polar surface area (TPSA) is 9.23 Å². The third-order valence-corrected chi connectivity index (χ3v) is 1.99. The highest BCUT2D eigenvalue weighted by Crippen LogP contribution is 2.21. The molecule has 0 bridgehead atoms. The Morgan fingerprint density at radius 2 is 2.67 bits per heavy atom. The van der Waals surface area contributed by atoms with Crippen LogP contribution in [0.15, 0.2) is 24.3 Å². The van der Waals surface area contributed by atoms with Crippen molar-refractivity contribution in [2.75, 3.05) is 0 Å². The van der Waals surface area contributed by atoms with E-state index < -0.39 is 0 Å². The van der Waals surface area contributed by atoms with Gasteiger partial charge in [-0.2, -0.15) is 0 Å². The van der Waals surface area contributed by atoms with Gasteiger partial charge in [0.15, 0.2) is 0 Å². The fourth-order valence-electron chi connectivity index (χ4n) is 0.719. The van der Waals surface area contributed by atoms with Gasteiger partial charge < -0.3 is 4.74 Å². The Morgan fingerprint density at radius 1 is 1.78 bits per heavy atom. The maximum Gasteiger partial charge on any atom is 0.147 e. The molecule has 0 N–H and O–H groups in total. The molecule has 0 aromatic rings. The molecule has 1 heterocycles. The second kappa shape index (κ2) is 3.62. The number of hydrogen-bond acceptors (Lipinski definition) is 2. The number of thioether (sulfide) groups is 1. The average molecular weight is 142 g/mol. The molecule has 0 unspecified atom stereocenters. The van der Waals surface area contributed by atoms with Gasteiger partial charge in [-0.05, 0) is 24.3 Å². The molecule has 0 spiro atoms. The van der Waals surface area contributed by atoms with Crippen LogP contribution in [0.1, 0.15) is 12.8 Å². The molecule has 0 amide bonds. The molecule has 0 fully saturated rings. The van der Waals surface area contributed by atoms with Gasteiger partial charge >= 0.3 is 0 Å². The largest absolute Gasteiger partial charge is 0.487 e. The summed E-state index contributed by atoms with van der Waals surface area (Å²) in [6.07, 6.45) is 6.05. The van der Waals surface area contributed by atoms with Crippen LogP contribution in [0, 0.1) is 0 Å². The molecule has 1 nitrogen and oxygen atoms in total. The first-order valence-corrected chi connectivity index (χ1v) is 3.94. The summed E-state index contributed by atoms with van der Waals surface area (Å²) in [5.41, 5.74) is 0.312. The number of hydrogen-bond donors (Lipinski definition) is 0. The fourth-order valence-corrected chi connectivity index (χ4v) is 1.33. The van der Waals surface area contributed by atoms with E-state index in [-0.39, 0.29) is 0 Å². The molecular weight excluding hydrogens is 132 g/mol. The molecular formula is C7H10OS. The van der Waals surface area contributed by atoms with Gasteiger partial charge in [0.05, 0.1) is 6.26 Å². The SMILES string of the molecule is C=CS[C@@H]1CCC=CO1. The standard InChI is InChI=1S/C7H10OS/c1-2-9-7-5-3-4-6-8-7/h2,4,6-7H,1,3,5H2/t7-/m1/s1. The Kier molecular flexibility index (Phi) is 2.71. The molecule has 0 aromatic carbocycles. The van der Waals surface area contributed by atoms with E-state index >= 15 is 0 Å². The van der Waals surface area contributed by atoms with Crippen molar-refractivity contribution in [3.63, 3.8) is 0 Å². The molecule has 1 atom stereocenters. The summed E-state index contributed by atoms with van der Waals surface area (Å²) < 4.78 is 5.23. The first-order valence-electron chi connectivity index (χ1n) is 3.00. The lowest BCUT2D eigenvalue weighted by Gasteiger charge is -2.16. The van der Waals surface area contributed by atoms with Crippen LogP contribution in [0.4, 0.5) is 0 Å². The maximum absolute atomic E-state index is 5.23. The minimum Gasteiger partial charge on any atom is -0.487 e. The van der Waals surface area contributed by atoms with Crippen LogP contribution in [0.25, 0.3) is 0 Å². The normalized spacial score (nSPS) is 25.1. The van der Waals surface area contributed by atoms with Crippen LogP contribution in [0.3, 0.4) is 0 Å². The zero-order valence-electron chi connectivity index (χ0n) is 5.25. The maximum atomic E-state index is 5.23. The molecule has 0 saturated carbocycles. The molecule has 9 heavy (non-hydrogen) atoms. The highest BCUT2D eigenvalue weighted by molar-refractivity contribution is 8.02. The van der Waals surface area contributed by atoms with Crippen LogP contribution in [-0.4, -0.2) is 5.44 Å². The minimum atomic E-state index is 0.312.